The van der Waals surface area contributed by atoms with Crippen molar-refractivity contribution in [2.45, 2.75) is 26.7 Å². The predicted molar refractivity (Wildman–Crippen MR) is 43.5 cm³/mol. The second kappa shape index (κ2) is 5.51. The van der Waals surface area contributed by atoms with E-state index in [2.05, 4.69) is 9.76 Å². The average molecular weight is 181 g/mol. The van der Waals surface area contributed by atoms with Crippen LogP contribution in [0.1, 0.15) is 26.7 Å². The molecule has 0 spiro atoms. The van der Waals surface area contributed by atoms with E-state index in [0.717, 1.165) is 12.8 Å². The highest BCUT2D eigenvalue weighted by molar-refractivity contribution is 7.86. The van der Waals surface area contributed by atoms with Crippen LogP contribution in [0.5, 0.6) is 0 Å². The van der Waals surface area contributed by atoms with Gasteiger partial charge in [0, 0.05) is 6.54 Å². The minimum atomic E-state index is -3.31. The fourth-order valence-electron chi connectivity index (χ4n) is 0.439. The summed E-state index contributed by atoms with van der Waals surface area (Å²) in [4.78, 5) is 0. The van der Waals surface area contributed by atoms with Crippen molar-refractivity contribution in [1.82, 2.24) is 5.48 Å². The lowest BCUT2D eigenvalue weighted by Gasteiger charge is -2.02. The van der Waals surface area contributed by atoms with Crippen LogP contribution in [0.2, 0.25) is 0 Å². The summed E-state index contributed by atoms with van der Waals surface area (Å²) in [6, 6.07) is 0. The zero-order valence-corrected chi connectivity index (χ0v) is 7.78. The topological polar surface area (TPSA) is 55.4 Å². The Hall–Kier alpha value is -0.130. The van der Waals surface area contributed by atoms with Gasteiger partial charge in [0.15, 0.2) is 0 Å². The Labute approximate surface area is 68.0 Å². The van der Waals surface area contributed by atoms with Gasteiger partial charge in [0.25, 0.3) is 10.1 Å². The molecule has 68 valence electrons. The van der Waals surface area contributed by atoms with Crippen LogP contribution >= 0.6 is 0 Å². The van der Waals surface area contributed by atoms with Gasteiger partial charge in [-0.15, -0.1) is 0 Å². The lowest BCUT2D eigenvalue weighted by Crippen LogP contribution is -2.22. The Morgan fingerprint density at radius 3 is 2.45 bits per heavy atom. The fraction of sp³-hybridized carbons (Fsp3) is 1.00. The number of rotatable bonds is 6. The average Bonchev–Trinajstić information content (AvgIpc) is 1.99. The maximum absolute atomic E-state index is 10.7. The van der Waals surface area contributed by atoms with Crippen molar-refractivity contribution in [1.29, 1.82) is 0 Å². The zero-order valence-electron chi connectivity index (χ0n) is 6.96. The van der Waals surface area contributed by atoms with Gasteiger partial charge in [0.2, 0.25) is 0 Å². The van der Waals surface area contributed by atoms with E-state index in [1.807, 2.05) is 6.92 Å². The molecule has 0 radical (unpaired) electrons. The van der Waals surface area contributed by atoms with E-state index >= 15 is 0 Å². The quantitative estimate of drug-likeness (QED) is 0.483. The van der Waals surface area contributed by atoms with Gasteiger partial charge in [0.05, 0.1) is 5.75 Å². The number of nitrogens with one attached hydrogen (secondary N) is 1. The Bertz CT molecular complexity index is 176. The predicted octanol–water partition coefficient (Wildman–Crippen LogP) is 0.657. The molecular weight excluding hydrogens is 166 g/mol. The first-order valence-corrected chi connectivity index (χ1v) is 5.34. The van der Waals surface area contributed by atoms with Crippen LogP contribution in [0.15, 0.2) is 0 Å². The van der Waals surface area contributed by atoms with Crippen LogP contribution in [-0.4, -0.2) is 20.7 Å². The highest BCUT2D eigenvalue weighted by Gasteiger charge is 2.05. The third-order valence-corrected chi connectivity index (χ3v) is 2.25. The first kappa shape index (κ1) is 10.9. The van der Waals surface area contributed by atoms with Crippen LogP contribution < -0.4 is 5.48 Å². The van der Waals surface area contributed by atoms with E-state index in [-0.39, 0.29) is 5.75 Å². The minimum absolute atomic E-state index is 0.00608. The Balaban J connectivity index is 3.39. The van der Waals surface area contributed by atoms with Gasteiger partial charge < -0.3 is 0 Å². The number of unbranched alkanes of at least 4 members (excludes halogenated alkanes) is 1. The van der Waals surface area contributed by atoms with Gasteiger partial charge in [-0.25, -0.2) is 0 Å². The van der Waals surface area contributed by atoms with Gasteiger partial charge in [-0.2, -0.15) is 18.2 Å². The smallest absolute Gasteiger partial charge is 0.198 e. The number of hydrogen-bond donors (Lipinski definition) is 1. The highest BCUT2D eigenvalue weighted by atomic mass is 32.2. The van der Waals surface area contributed by atoms with Gasteiger partial charge in [-0.05, 0) is 13.3 Å². The molecule has 0 aliphatic carbocycles. The molecule has 11 heavy (non-hydrogen) atoms. The molecule has 0 aliphatic heterocycles. The number of hydroxylamine groups is 1. The molecule has 0 rings (SSSR count). The van der Waals surface area contributed by atoms with Crippen molar-refractivity contribution >= 4 is 10.1 Å². The molecular formula is C6H15NO3S. The molecule has 0 amide bonds. The molecule has 0 aromatic rings. The van der Waals surface area contributed by atoms with Crippen LogP contribution in [0, 0.1) is 0 Å². The standard InChI is InChI=1S/C6H15NO3S/c1-3-5-6-7-10-11(8,9)4-2/h7H,3-6H2,1-2H3. The summed E-state index contributed by atoms with van der Waals surface area (Å²) in [5.74, 6) is 0.00608. The van der Waals surface area contributed by atoms with Gasteiger partial charge in [0.1, 0.15) is 0 Å². The molecule has 0 unspecified atom stereocenters. The van der Waals surface area contributed by atoms with Crippen LogP contribution in [0.25, 0.3) is 0 Å². The number of hydrogen-bond acceptors (Lipinski definition) is 4. The maximum Gasteiger partial charge on any atom is 0.282 e. The van der Waals surface area contributed by atoms with Crippen LogP contribution in [0.3, 0.4) is 0 Å². The minimum Gasteiger partial charge on any atom is -0.198 e. The molecule has 0 aliphatic rings. The lowest BCUT2D eigenvalue weighted by atomic mass is 10.3. The van der Waals surface area contributed by atoms with Crippen molar-refractivity contribution in [3.05, 3.63) is 0 Å². The molecule has 0 heterocycles. The van der Waals surface area contributed by atoms with E-state index < -0.39 is 10.1 Å². The lowest BCUT2D eigenvalue weighted by molar-refractivity contribution is 0.203. The highest BCUT2D eigenvalue weighted by Crippen LogP contribution is 1.89. The fourth-order valence-corrected chi connectivity index (χ4v) is 0.820. The summed E-state index contributed by atoms with van der Waals surface area (Å²) in [5.41, 5.74) is 2.39. The second-order valence-corrected chi connectivity index (χ2v) is 4.04. The Morgan fingerprint density at radius 2 is 2.00 bits per heavy atom. The van der Waals surface area contributed by atoms with Crippen molar-refractivity contribution in [2.24, 2.45) is 0 Å². The van der Waals surface area contributed by atoms with Crippen molar-refractivity contribution < 1.29 is 12.7 Å². The van der Waals surface area contributed by atoms with Crippen molar-refractivity contribution in [2.75, 3.05) is 12.3 Å². The van der Waals surface area contributed by atoms with E-state index in [4.69, 9.17) is 0 Å². The van der Waals surface area contributed by atoms with E-state index in [9.17, 15) is 8.42 Å². The van der Waals surface area contributed by atoms with E-state index in [1.165, 1.54) is 6.92 Å². The molecule has 5 heteroatoms. The van der Waals surface area contributed by atoms with Gasteiger partial charge in [-0.3, -0.25) is 0 Å². The Kier molecular flexibility index (Phi) is 5.45. The van der Waals surface area contributed by atoms with Gasteiger partial charge in [-0.1, -0.05) is 13.3 Å². The first-order chi connectivity index (χ1) is 5.12. The van der Waals surface area contributed by atoms with E-state index in [1.54, 1.807) is 0 Å². The third-order valence-electron chi connectivity index (χ3n) is 1.17. The Morgan fingerprint density at radius 1 is 1.36 bits per heavy atom. The SMILES string of the molecule is CCCCNOS(=O)(=O)CC. The monoisotopic (exact) mass is 181 g/mol. The molecule has 0 atom stereocenters. The first-order valence-electron chi connectivity index (χ1n) is 3.76. The van der Waals surface area contributed by atoms with E-state index in [0.29, 0.717) is 6.54 Å². The summed E-state index contributed by atoms with van der Waals surface area (Å²) < 4.78 is 25.8. The normalized spacial score (nSPS) is 11.8. The summed E-state index contributed by atoms with van der Waals surface area (Å²) in [6.45, 7) is 4.14. The molecule has 0 aromatic heterocycles. The van der Waals surface area contributed by atoms with Crippen molar-refractivity contribution in [3.8, 4) is 0 Å². The van der Waals surface area contributed by atoms with Crippen molar-refractivity contribution in [3.63, 3.8) is 0 Å². The largest absolute Gasteiger partial charge is 0.282 e. The molecule has 0 aromatic carbocycles. The zero-order chi connectivity index (χ0) is 8.74. The summed E-state index contributed by atoms with van der Waals surface area (Å²) in [5, 5.41) is 0. The summed E-state index contributed by atoms with van der Waals surface area (Å²) in [7, 11) is -3.31. The summed E-state index contributed by atoms with van der Waals surface area (Å²) in [6.07, 6.45) is 1.93. The molecule has 0 saturated carbocycles. The molecule has 0 fully saturated rings. The summed E-state index contributed by atoms with van der Waals surface area (Å²) >= 11 is 0. The second-order valence-electron chi connectivity index (χ2n) is 2.18. The van der Waals surface area contributed by atoms with Crippen LogP contribution in [-0.2, 0) is 14.4 Å². The molecule has 0 saturated heterocycles. The molecule has 1 N–H and O–H groups in total. The molecule has 4 nitrogen and oxygen atoms in total. The van der Waals surface area contributed by atoms with Crippen LogP contribution in [0.4, 0.5) is 0 Å². The molecule has 0 bridgehead atoms. The maximum atomic E-state index is 10.7. The third kappa shape index (κ3) is 6.28. The van der Waals surface area contributed by atoms with Gasteiger partial charge >= 0.3 is 0 Å².